The van der Waals surface area contributed by atoms with Crippen molar-refractivity contribution in [1.82, 2.24) is 5.32 Å². The van der Waals surface area contributed by atoms with Crippen molar-refractivity contribution in [3.05, 3.63) is 63.6 Å². The largest absolute Gasteiger partial charge is 0.497 e. The summed E-state index contributed by atoms with van der Waals surface area (Å²) in [7, 11) is 2.68. The summed E-state index contributed by atoms with van der Waals surface area (Å²) in [5, 5.41) is 13.5. The summed E-state index contributed by atoms with van der Waals surface area (Å²) in [6, 6.07) is 9.43. The van der Waals surface area contributed by atoms with E-state index in [-0.39, 0.29) is 10.6 Å². The molecule has 0 saturated heterocycles. The molecular formula is C18H17Cl2NO5. The molecule has 2 aromatic carbocycles. The molecule has 0 fully saturated rings. The van der Waals surface area contributed by atoms with Gasteiger partial charge < -0.3 is 19.9 Å². The molecule has 138 valence electrons. The van der Waals surface area contributed by atoms with Crippen molar-refractivity contribution in [3.8, 4) is 5.75 Å². The first-order valence-electron chi connectivity index (χ1n) is 7.53. The van der Waals surface area contributed by atoms with Crippen molar-refractivity contribution in [3.63, 3.8) is 0 Å². The fraction of sp³-hybridized carbons (Fsp3) is 0.222. The minimum atomic E-state index is -1.33. The zero-order chi connectivity index (χ0) is 19.3. The highest BCUT2D eigenvalue weighted by Crippen LogP contribution is 2.24. The van der Waals surface area contributed by atoms with E-state index in [9.17, 15) is 14.7 Å². The second-order valence-electron chi connectivity index (χ2n) is 5.32. The molecule has 6 nitrogen and oxygen atoms in total. The van der Waals surface area contributed by atoms with Gasteiger partial charge in [-0.05, 0) is 35.9 Å². The Morgan fingerprint density at radius 2 is 1.73 bits per heavy atom. The van der Waals surface area contributed by atoms with Gasteiger partial charge in [-0.25, -0.2) is 4.79 Å². The minimum absolute atomic E-state index is 0.118. The molecule has 2 rings (SSSR count). The van der Waals surface area contributed by atoms with Gasteiger partial charge in [-0.1, -0.05) is 35.3 Å². The van der Waals surface area contributed by atoms with Crippen LogP contribution in [-0.4, -0.2) is 37.2 Å². The van der Waals surface area contributed by atoms with Gasteiger partial charge in [0.15, 0.2) is 6.04 Å². The number of carbonyl (C=O) groups is 2. The Morgan fingerprint density at radius 3 is 2.27 bits per heavy atom. The molecule has 0 saturated carbocycles. The van der Waals surface area contributed by atoms with Gasteiger partial charge in [-0.15, -0.1) is 0 Å². The predicted molar refractivity (Wildman–Crippen MR) is 97.7 cm³/mol. The van der Waals surface area contributed by atoms with E-state index in [0.29, 0.717) is 16.3 Å². The number of halogens is 2. The van der Waals surface area contributed by atoms with Crippen LogP contribution < -0.4 is 10.1 Å². The molecular weight excluding hydrogens is 381 g/mol. The number of methoxy groups -OCH3 is 2. The van der Waals surface area contributed by atoms with Crippen LogP contribution in [0.5, 0.6) is 5.75 Å². The van der Waals surface area contributed by atoms with E-state index in [1.165, 1.54) is 25.3 Å². The van der Waals surface area contributed by atoms with Crippen LogP contribution in [0.1, 0.15) is 22.0 Å². The molecule has 26 heavy (non-hydrogen) atoms. The van der Waals surface area contributed by atoms with Gasteiger partial charge in [-0.3, -0.25) is 4.79 Å². The lowest BCUT2D eigenvalue weighted by molar-refractivity contribution is -0.146. The number of hydrogen-bond acceptors (Lipinski definition) is 5. The fourth-order valence-corrected chi connectivity index (χ4v) is 2.77. The first kappa shape index (κ1) is 20.0. The Labute approximate surface area is 160 Å². The Morgan fingerprint density at radius 1 is 1.08 bits per heavy atom. The zero-order valence-corrected chi connectivity index (χ0v) is 15.5. The van der Waals surface area contributed by atoms with E-state index < -0.39 is 24.0 Å². The van der Waals surface area contributed by atoms with Crippen molar-refractivity contribution in [2.45, 2.75) is 12.1 Å². The second kappa shape index (κ2) is 8.89. The Balaban J connectivity index is 2.25. The summed E-state index contributed by atoms with van der Waals surface area (Å²) in [5.74, 6) is -0.853. The molecule has 2 N–H and O–H groups in total. The molecule has 0 aliphatic carbocycles. The topological polar surface area (TPSA) is 84.9 Å². The van der Waals surface area contributed by atoms with E-state index in [4.69, 9.17) is 32.7 Å². The number of nitrogens with one attached hydrogen (secondary N) is 1. The van der Waals surface area contributed by atoms with Gasteiger partial charge in [0, 0.05) is 5.02 Å². The number of benzene rings is 2. The van der Waals surface area contributed by atoms with E-state index >= 15 is 0 Å². The van der Waals surface area contributed by atoms with Crippen LogP contribution in [0, 0.1) is 0 Å². The van der Waals surface area contributed by atoms with Gasteiger partial charge >= 0.3 is 5.97 Å². The molecule has 2 atom stereocenters. The van der Waals surface area contributed by atoms with Gasteiger partial charge in [0.1, 0.15) is 11.9 Å². The first-order valence-corrected chi connectivity index (χ1v) is 8.28. The van der Waals surface area contributed by atoms with Gasteiger partial charge in [0.2, 0.25) is 0 Å². The minimum Gasteiger partial charge on any atom is -0.497 e. The summed E-state index contributed by atoms with van der Waals surface area (Å²) in [6.07, 6.45) is -1.33. The van der Waals surface area contributed by atoms with Crippen LogP contribution in [-0.2, 0) is 9.53 Å². The van der Waals surface area contributed by atoms with Crippen LogP contribution >= 0.6 is 23.2 Å². The molecule has 2 unspecified atom stereocenters. The molecule has 2 aromatic rings. The summed E-state index contributed by atoms with van der Waals surface area (Å²) in [5.41, 5.74) is 0.524. The van der Waals surface area contributed by atoms with E-state index in [1.807, 2.05) is 0 Å². The number of aliphatic hydroxyl groups excluding tert-OH is 1. The lowest BCUT2D eigenvalue weighted by Crippen LogP contribution is -2.45. The van der Waals surface area contributed by atoms with Crippen molar-refractivity contribution >= 4 is 35.1 Å². The molecule has 0 aliphatic rings. The number of amides is 1. The van der Waals surface area contributed by atoms with Crippen LogP contribution in [0.2, 0.25) is 10.0 Å². The number of esters is 1. The molecule has 0 bridgehead atoms. The van der Waals surface area contributed by atoms with Crippen LogP contribution in [0.15, 0.2) is 42.5 Å². The summed E-state index contributed by atoms with van der Waals surface area (Å²) in [6.45, 7) is 0. The quantitative estimate of drug-likeness (QED) is 0.731. The standard InChI is InChI=1S/C18H17Cl2NO5/c1-25-12-6-3-10(4-7-12)16(22)15(18(24)26-2)21-17(23)13-8-5-11(19)9-14(13)20/h3-9,15-16,22H,1-2H3,(H,21,23). The smallest absolute Gasteiger partial charge is 0.331 e. The molecule has 0 heterocycles. The van der Waals surface area contributed by atoms with Crippen molar-refractivity contribution in [2.24, 2.45) is 0 Å². The third-order valence-corrected chi connectivity index (χ3v) is 4.24. The molecule has 8 heteroatoms. The van der Waals surface area contributed by atoms with Crippen molar-refractivity contribution in [2.75, 3.05) is 14.2 Å². The molecule has 0 radical (unpaired) electrons. The van der Waals surface area contributed by atoms with E-state index in [2.05, 4.69) is 5.32 Å². The third kappa shape index (κ3) is 4.66. The average molecular weight is 398 g/mol. The van der Waals surface area contributed by atoms with E-state index in [1.54, 1.807) is 24.3 Å². The third-order valence-electron chi connectivity index (χ3n) is 3.69. The summed E-state index contributed by atoms with van der Waals surface area (Å²) < 4.78 is 9.75. The Kier molecular flexibility index (Phi) is 6.85. The average Bonchev–Trinajstić information content (AvgIpc) is 2.64. The molecule has 1 amide bonds. The Bertz CT molecular complexity index is 795. The maximum absolute atomic E-state index is 12.5. The molecule has 0 aromatic heterocycles. The summed E-state index contributed by atoms with van der Waals surface area (Å²) >= 11 is 11.8. The zero-order valence-electron chi connectivity index (χ0n) is 14.0. The number of hydrogen-bond donors (Lipinski definition) is 2. The van der Waals surface area contributed by atoms with E-state index in [0.717, 1.165) is 7.11 Å². The molecule has 0 spiro atoms. The number of rotatable bonds is 6. The van der Waals surface area contributed by atoms with Crippen LogP contribution in [0.4, 0.5) is 0 Å². The van der Waals surface area contributed by atoms with Crippen LogP contribution in [0.3, 0.4) is 0 Å². The Hall–Kier alpha value is -2.28. The maximum Gasteiger partial charge on any atom is 0.331 e. The summed E-state index contributed by atoms with van der Waals surface area (Å²) in [4.78, 5) is 24.5. The van der Waals surface area contributed by atoms with Crippen LogP contribution in [0.25, 0.3) is 0 Å². The van der Waals surface area contributed by atoms with Gasteiger partial charge in [0.05, 0.1) is 24.8 Å². The van der Waals surface area contributed by atoms with Gasteiger partial charge in [0.25, 0.3) is 5.91 Å². The SMILES string of the molecule is COC(=O)C(NC(=O)c1ccc(Cl)cc1Cl)C(O)c1ccc(OC)cc1. The second-order valence-corrected chi connectivity index (χ2v) is 6.16. The highest BCUT2D eigenvalue weighted by Gasteiger charge is 2.31. The van der Waals surface area contributed by atoms with Crippen molar-refractivity contribution < 1.29 is 24.2 Å². The van der Waals surface area contributed by atoms with Crippen molar-refractivity contribution in [1.29, 1.82) is 0 Å². The maximum atomic E-state index is 12.5. The molecule has 0 aliphatic heterocycles. The first-order chi connectivity index (χ1) is 12.4. The monoisotopic (exact) mass is 397 g/mol. The lowest BCUT2D eigenvalue weighted by Gasteiger charge is -2.22. The lowest BCUT2D eigenvalue weighted by atomic mass is 10.0. The number of carbonyl (C=O) groups excluding carboxylic acids is 2. The predicted octanol–water partition coefficient (Wildman–Crippen LogP) is 3.01. The number of aliphatic hydroxyl groups is 1. The highest BCUT2D eigenvalue weighted by molar-refractivity contribution is 6.36. The fourth-order valence-electron chi connectivity index (χ4n) is 2.28. The van der Waals surface area contributed by atoms with Gasteiger partial charge in [-0.2, -0.15) is 0 Å². The normalized spacial score (nSPS) is 12.8. The number of ether oxygens (including phenoxy) is 2. The highest BCUT2D eigenvalue weighted by atomic mass is 35.5.